The van der Waals surface area contributed by atoms with Gasteiger partial charge < -0.3 is 9.64 Å². The zero-order chi connectivity index (χ0) is 18.4. The van der Waals surface area contributed by atoms with Crippen LogP contribution >= 0.6 is 0 Å². The molecule has 3 rings (SSSR count). The maximum atomic E-state index is 12.7. The van der Waals surface area contributed by atoms with Gasteiger partial charge in [0.05, 0.1) is 0 Å². The topological polar surface area (TPSA) is 47.4 Å². The molecule has 1 heterocycles. The predicted molar refractivity (Wildman–Crippen MR) is 101 cm³/mol. The summed E-state index contributed by atoms with van der Waals surface area (Å²) >= 11 is 0. The van der Waals surface area contributed by atoms with Crippen LogP contribution < -0.4 is 4.74 Å². The van der Waals surface area contributed by atoms with Crippen LogP contribution in [-0.4, -0.2) is 27.6 Å². The zero-order valence-corrected chi connectivity index (χ0v) is 15.1. The lowest BCUT2D eigenvalue weighted by Gasteiger charge is -2.18. The Morgan fingerprint density at radius 2 is 1.73 bits per heavy atom. The number of amides is 1. The van der Waals surface area contributed by atoms with Crippen molar-refractivity contribution in [1.82, 2.24) is 14.7 Å². The third kappa shape index (κ3) is 4.30. The van der Waals surface area contributed by atoms with Crippen molar-refractivity contribution in [1.29, 1.82) is 0 Å². The Morgan fingerprint density at radius 1 is 1.04 bits per heavy atom. The van der Waals surface area contributed by atoms with E-state index in [9.17, 15) is 4.79 Å². The Bertz CT molecular complexity index is 841. The molecule has 0 bridgehead atoms. The van der Waals surface area contributed by atoms with Crippen molar-refractivity contribution in [3.63, 3.8) is 0 Å². The van der Waals surface area contributed by atoms with E-state index >= 15 is 0 Å². The SMILES string of the molecule is CCCn1nccc1C(=O)N(C)Cc1ccc(Oc2ccccc2)cc1. The van der Waals surface area contributed by atoms with E-state index in [1.54, 1.807) is 28.9 Å². The molecule has 2 aromatic carbocycles. The second kappa shape index (κ2) is 8.34. The summed E-state index contributed by atoms with van der Waals surface area (Å²) in [7, 11) is 1.81. The molecule has 5 heteroatoms. The number of carbonyl (C=O) groups excluding carboxylic acids is 1. The van der Waals surface area contributed by atoms with Gasteiger partial charge in [-0.25, -0.2) is 0 Å². The van der Waals surface area contributed by atoms with Crippen LogP contribution in [0.5, 0.6) is 11.5 Å². The minimum Gasteiger partial charge on any atom is -0.457 e. The van der Waals surface area contributed by atoms with E-state index < -0.39 is 0 Å². The van der Waals surface area contributed by atoms with Crippen LogP contribution in [0.2, 0.25) is 0 Å². The smallest absolute Gasteiger partial charge is 0.272 e. The zero-order valence-electron chi connectivity index (χ0n) is 15.1. The van der Waals surface area contributed by atoms with Crippen molar-refractivity contribution < 1.29 is 9.53 Å². The Hall–Kier alpha value is -3.08. The summed E-state index contributed by atoms with van der Waals surface area (Å²) in [5, 5.41) is 4.22. The molecular weight excluding hydrogens is 326 g/mol. The number of carbonyl (C=O) groups is 1. The normalized spacial score (nSPS) is 10.5. The van der Waals surface area contributed by atoms with Gasteiger partial charge in [0.2, 0.25) is 0 Å². The maximum Gasteiger partial charge on any atom is 0.272 e. The van der Waals surface area contributed by atoms with Crippen LogP contribution in [0.4, 0.5) is 0 Å². The first kappa shape index (κ1) is 17.7. The van der Waals surface area contributed by atoms with E-state index in [0.29, 0.717) is 12.2 Å². The predicted octanol–water partition coefficient (Wildman–Crippen LogP) is 4.36. The molecule has 0 radical (unpaired) electrons. The summed E-state index contributed by atoms with van der Waals surface area (Å²) in [6.45, 7) is 3.34. The summed E-state index contributed by atoms with van der Waals surface area (Å²) in [4.78, 5) is 14.4. The van der Waals surface area contributed by atoms with Gasteiger partial charge in [0.25, 0.3) is 5.91 Å². The van der Waals surface area contributed by atoms with Crippen LogP contribution in [0.3, 0.4) is 0 Å². The minimum atomic E-state index is -0.0273. The number of aromatic nitrogens is 2. The molecule has 0 unspecified atom stereocenters. The standard InChI is InChI=1S/C21H23N3O2/c1-3-15-24-20(13-14-22-24)21(25)23(2)16-17-9-11-19(12-10-17)26-18-7-5-4-6-8-18/h4-14H,3,15-16H2,1-2H3. The van der Waals surface area contributed by atoms with Crippen molar-refractivity contribution >= 4 is 5.91 Å². The quantitative estimate of drug-likeness (QED) is 0.637. The molecule has 0 spiro atoms. The number of ether oxygens (including phenoxy) is 1. The highest BCUT2D eigenvalue weighted by molar-refractivity contribution is 5.92. The molecular formula is C21H23N3O2. The Kier molecular flexibility index (Phi) is 5.69. The fraction of sp³-hybridized carbons (Fsp3) is 0.238. The molecule has 3 aromatic rings. The maximum absolute atomic E-state index is 12.7. The second-order valence-corrected chi connectivity index (χ2v) is 6.16. The number of hydrogen-bond acceptors (Lipinski definition) is 3. The molecule has 0 saturated carbocycles. The van der Waals surface area contributed by atoms with Crippen LogP contribution in [0.25, 0.3) is 0 Å². The molecule has 0 N–H and O–H groups in total. The van der Waals surface area contributed by atoms with Crippen molar-refractivity contribution in [3.05, 3.63) is 78.1 Å². The van der Waals surface area contributed by atoms with Gasteiger partial charge in [0.15, 0.2) is 0 Å². The van der Waals surface area contributed by atoms with Gasteiger partial charge in [-0.15, -0.1) is 0 Å². The molecule has 0 fully saturated rings. The van der Waals surface area contributed by atoms with Gasteiger partial charge in [-0.2, -0.15) is 5.10 Å². The Labute approximate surface area is 153 Å². The fourth-order valence-electron chi connectivity index (χ4n) is 2.73. The lowest BCUT2D eigenvalue weighted by atomic mass is 10.2. The van der Waals surface area contributed by atoms with Crippen molar-refractivity contribution in [2.75, 3.05) is 7.05 Å². The monoisotopic (exact) mass is 349 g/mol. The van der Waals surface area contributed by atoms with Crippen LogP contribution in [-0.2, 0) is 13.1 Å². The summed E-state index contributed by atoms with van der Waals surface area (Å²) in [6, 6.07) is 19.2. The molecule has 0 saturated heterocycles. The number of aryl methyl sites for hydroxylation is 1. The van der Waals surface area contributed by atoms with E-state index in [4.69, 9.17) is 4.74 Å². The molecule has 134 valence electrons. The first-order valence-electron chi connectivity index (χ1n) is 8.76. The summed E-state index contributed by atoms with van der Waals surface area (Å²) in [5.74, 6) is 1.55. The first-order valence-corrected chi connectivity index (χ1v) is 8.76. The largest absolute Gasteiger partial charge is 0.457 e. The van der Waals surface area contributed by atoms with E-state index in [-0.39, 0.29) is 5.91 Å². The van der Waals surface area contributed by atoms with E-state index in [1.807, 2.05) is 54.6 Å². The highest BCUT2D eigenvalue weighted by atomic mass is 16.5. The van der Waals surface area contributed by atoms with E-state index in [0.717, 1.165) is 30.0 Å². The molecule has 5 nitrogen and oxygen atoms in total. The Balaban J connectivity index is 1.63. The van der Waals surface area contributed by atoms with Crippen LogP contribution in [0.1, 0.15) is 29.4 Å². The third-order valence-corrected chi connectivity index (χ3v) is 4.04. The van der Waals surface area contributed by atoms with Gasteiger partial charge in [0.1, 0.15) is 17.2 Å². The summed E-state index contributed by atoms with van der Waals surface area (Å²) in [5.41, 5.74) is 1.67. The van der Waals surface area contributed by atoms with Gasteiger partial charge in [0, 0.05) is 26.3 Å². The third-order valence-electron chi connectivity index (χ3n) is 4.04. The highest BCUT2D eigenvalue weighted by Crippen LogP contribution is 2.21. The number of benzene rings is 2. The fourth-order valence-corrected chi connectivity index (χ4v) is 2.73. The van der Waals surface area contributed by atoms with Crippen LogP contribution in [0, 0.1) is 0 Å². The molecule has 26 heavy (non-hydrogen) atoms. The van der Waals surface area contributed by atoms with Gasteiger partial charge in [-0.1, -0.05) is 37.3 Å². The van der Waals surface area contributed by atoms with Crippen molar-refractivity contribution in [2.24, 2.45) is 0 Å². The molecule has 1 aromatic heterocycles. The second-order valence-electron chi connectivity index (χ2n) is 6.16. The van der Waals surface area contributed by atoms with Gasteiger partial charge >= 0.3 is 0 Å². The highest BCUT2D eigenvalue weighted by Gasteiger charge is 2.16. The van der Waals surface area contributed by atoms with Gasteiger partial charge in [-0.05, 0) is 42.3 Å². The molecule has 0 aliphatic rings. The average molecular weight is 349 g/mol. The minimum absolute atomic E-state index is 0.0273. The summed E-state index contributed by atoms with van der Waals surface area (Å²) in [6.07, 6.45) is 2.61. The number of nitrogens with zero attached hydrogens (tertiary/aromatic N) is 3. The number of rotatable bonds is 7. The molecule has 0 aliphatic carbocycles. The summed E-state index contributed by atoms with van der Waals surface area (Å²) < 4.78 is 7.55. The molecule has 0 atom stereocenters. The Morgan fingerprint density at radius 3 is 2.42 bits per heavy atom. The van der Waals surface area contributed by atoms with Crippen LogP contribution in [0.15, 0.2) is 66.9 Å². The first-order chi connectivity index (χ1) is 12.7. The molecule has 1 amide bonds. The van der Waals surface area contributed by atoms with Crippen molar-refractivity contribution in [2.45, 2.75) is 26.4 Å². The van der Waals surface area contributed by atoms with Gasteiger partial charge in [-0.3, -0.25) is 9.48 Å². The van der Waals surface area contributed by atoms with Crippen molar-refractivity contribution in [3.8, 4) is 11.5 Å². The number of hydrogen-bond donors (Lipinski definition) is 0. The van der Waals surface area contributed by atoms with E-state index in [2.05, 4.69) is 12.0 Å². The number of para-hydroxylation sites is 1. The lowest BCUT2D eigenvalue weighted by Crippen LogP contribution is -2.28. The lowest BCUT2D eigenvalue weighted by molar-refractivity contribution is 0.0772. The molecule has 0 aliphatic heterocycles. The average Bonchev–Trinajstić information content (AvgIpc) is 3.12. The van der Waals surface area contributed by atoms with E-state index in [1.165, 1.54) is 0 Å².